The summed E-state index contributed by atoms with van der Waals surface area (Å²) >= 11 is 0. The summed E-state index contributed by atoms with van der Waals surface area (Å²) in [6.07, 6.45) is 4.89. The van der Waals surface area contributed by atoms with Gasteiger partial charge in [-0.2, -0.15) is 4.31 Å². The third-order valence-electron chi connectivity index (χ3n) is 3.53. The van der Waals surface area contributed by atoms with Gasteiger partial charge in [0.1, 0.15) is 5.82 Å². The lowest BCUT2D eigenvalue weighted by Crippen LogP contribution is -2.46. The highest BCUT2D eigenvalue weighted by molar-refractivity contribution is 7.89. The summed E-state index contributed by atoms with van der Waals surface area (Å²) < 4.78 is 46.9. The van der Waals surface area contributed by atoms with Crippen LogP contribution in [0.15, 0.2) is 47.9 Å². The minimum absolute atomic E-state index is 0.0946. The molecule has 1 aromatic carbocycles. The molecule has 22 heavy (non-hydrogen) atoms. The molecule has 1 atom stereocenters. The number of rotatable bonds is 4. The quantitative estimate of drug-likeness (QED) is 0.845. The van der Waals surface area contributed by atoms with Gasteiger partial charge in [-0.05, 0) is 24.3 Å². The molecule has 0 N–H and O–H groups in total. The minimum atomic E-state index is -3.63. The first-order chi connectivity index (χ1) is 10.6. The van der Waals surface area contributed by atoms with E-state index in [0.29, 0.717) is 19.7 Å². The van der Waals surface area contributed by atoms with Crippen molar-refractivity contribution in [3.8, 4) is 0 Å². The number of ether oxygens (including phenoxy) is 1. The van der Waals surface area contributed by atoms with Crippen molar-refractivity contribution in [3.63, 3.8) is 0 Å². The third kappa shape index (κ3) is 3.18. The lowest BCUT2D eigenvalue weighted by atomic mass is 10.3. The maximum atomic E-state index is 13.0. The second-order valence-corrected chi connectivity index (χ2v) is 7.01. The molecule has 0 aliphatic carbocycles. The van der Waals surface area contributed by atoms with Gasteiger partial charge in [0.25, 0.3) is 0 Å². The van der Waals surface area contributed by atoms with Crippen molar-refractivity contribution in [1.82, 2.24) is 13.9 Å². The maximum absolute atomic E-state index is 13.0. The molecule has 0 spiro atoms. The van der Waals surface area contributed by atoms with E-state index < -0.39 is 15.8 Å². The van der Waals surface area contributed by atoms with E-state index in [9.17, 15) is 12.8 Å². The summed E-state index contributed by atoms with van der Waals surface area (Å²) in [6.45, 7) is 1.42. The zero-order valence-corrected chi connectivity index (χ0v) is 12.6. The number of aromatic nitrogens is 2. The van der Waals surface area contributed by atoms with Crippen LogP contribution in [0.2, 0.25) is 0 Å². The lowest BCUT2D eigenvalue weighted by molar-refractivity contribution is -0.0102. The van der Waals surface area contributed by atoms with Crippen LogP contribution < -0.4 is 0 Å². The average molecular weight is 325 g/mol. The Bertz CT molecular complexity index is 716. The van der Waals surface area contributed by atoms with Gasteiger partial charge in [-0.3, -0.25) is 0 Å². The molecule has 3 rings (SSSR count). The van der Waals surface area contributed by atoms with Crippen LogP contribution in [-0.4, -0.2) is 48.1 Å². The van der Waals surface area contributed by atoms with Crippen LogP contribution in [-0.2, 0) is 21.3 Å². The Hall–Kier alpha value is -1.77. The number of benzene rings is 1. The second-order valence-electron chi connectivity index (χ2n) is 5.07. The molecular weight excluding hydrogens is 309 g/mol. The predicted molar refractivity (Wildman–Crippen MR) is 77.1 cm³/mol. The molecule has 0 bridgehead atoms. The van der Waals surface area contributed by atoms with Crippen LogP contribution in [0.5, 0.6) is 0 Å². The van der Waals surface area contributed by atoms with Crippen LogP contribution in [0.3, 0.4) is 0 Å². The van der Waals surface area contributed by atoms with Gasteiger partial charge in [-0.1, -0.05) is 0 Å². The molecule has 1 saturated heterocycles. The van der Waals surface area contributed by atoms with E-state index in [1.54, 1.807) is 18.7 Å². The van der Waals surface area contributed by atoms with Crippen molar-refractivity contribution >= 4 is 10.0 Å². The molecule has 1 aliphatic heterocycles. The number of sulfonamides is 1. The molecule has 1 aliphatic rings. The Morgan fingerprint density at radius 3 is 2.77 bits per heavy atom. The van der Waals surface area contributed by atoms with Crippen LogP contribution in [0.4, 0.5) is 4.39 Å². The molecule has 1 aromatic heterocycles. The van der Waals surface area contributed by atoms with Crippen molar-refractivity contribution in [2.75, 3.05) is 19.7 Å². The summed E-state index contributed by atoms with van der Waals surface area (Å²) in [5, 5.41) is 0. The van der Waals surface area contributed by atoms with Gasteiger partial charge in [-0.25, -0.2) is 17.8 Å². The third-order valence-corrected chi connectivity index (χ3v) is 5.41. The normalized spacial score (nSPS) is 20.1. The molecule has 2 heterocycles. The van der Waals surface area contributed by atoms with E-state index in [-0.39, 0.29) is 17.5 Å². The van der Waals surface area contributed by atoms with Gasteiger partial charge < -0.3 is 9.30 Å². The summed E-state index contributed by atoms with van der Waals surface area (Å²) in [6, 6.07) is 4.86. The molecular formula is C14H16FN3O3S. The maximum Gasteiger partial charge on any atom is 0.243 e. The van der Waals surface area contributed by atoms with Gasteiger partial charge in [-0.15, -0.1) is 0 Å². The highest BCUT2D eigenvalue weighted by Crippen LogP contribution is 2.19. The van der Waals surface area contributed by atoms with E-state index in [4.69, 9.17) is 4.74 Å². The van der Waals surface area contributed by atoms with Crippen molar-refractivity contribution in [1.29, 1.82) is 0 Å². The Morgan fingerprint density at radius 1 is 1.32 bits per heavy atom. The number of hydrogen-bond donors (Lipinski definition) is 0. The summed E-state index contributed by atoms with van der Waals surface area (Å²) in [7, 11) is -3.63. The number of morpholine rings is 1. The molecule has 2 aromatic rings. The molecule has 8 heteroatoms. The molecule has 1 unspecified atom stereocenters. The fourth-order valence-corrected chi connectivity index (χ4v) is 3.86. The molecule has 1 fully saturated rings. The van der Waals surface area contributed by atoms with Crippen molar-refractivity contribution in [2.45, 2.75) is 17.5 Å². The first-order valence-corrected chi connectivity index (χ1v) is 8.33. The van der Waals surface area contributed by atoms with Gasteiger partial charge in [0.05, 0.1) is 30.5 Å². The van der Waals surface area contributed by atoms with Crippen molar-refractivity contribution in [2.24, 2.45) is 0 Å². The predicted octanol–water partition coefficient (Wildman–Crippen LogP) is 1.11. The van der Waals surface area contributed by atoms with E-state index >= 15 is 0 Å². The van der Waals surface area contributed by atoms with E-state index in [0.717, 1.165) is 12.1 Å². The molecule has 0 amide bonds. The van der Waals surface area contributed by atoms with E-state index in [1.165, 1.54) is 16.4 Å². The zero-order valence-electron chi connectivity index (χ0n) is 11.8. The highest BCUT2D eigenvalue weighted by Gasteiger charge is 2.30. The summed E-state index contributed by atoms with van der Waals surface area (Å²) in [5.41, 5.74) is 0. The Labute approximate surface area is 128 Å². The van der Waals surface area contributed by atoms with Crippen molar-refractivity contribution in [3.05, 3.63) is 48.8 Å². The van der Waals surface area contributed by atoms with Crippen LogP contribution in [0.25, 0.3) is 0 Å². The lowest BCUT2D eigenvalue weighted by Gasteiger charge is -2.32. The molecule has 0 radical (unpaired) electrons. The zero-order chi connectivity index (χ0) is 15.6. The number of hydrogen-bond acceptors (Lipinski definition) is 4. The molecule has 0 saturated carbocycles. The standard InChI is InChI=1S/C14H16FN3O3S/c15-12-1-3-14(4-2-12)22(19,20)18-7-8-21-13(10-18)9-17-6-5-16-11-17/h1-6,11,13H,7-10H2. The van der Waals surface area contributed by atoms with Gasteiger partial charge in [0.15, 0.2) is 0 Å². The van der Waals surface area contributed by atoms with Crippen LogP contribution >= 0.6 is 0 Å². The topological polar surface area (TPSA) is 64.4 Å². The smallest absolute Gasteiger partial charge is 0.243 e. The Kier molecular flexibility index (Phi) is 4.23. The fourth-order valence-electron chi connectivity index (χ4n) is 2.41. The monoisotopic (exact) mass is 325 g/mol. The first kappa shape index (κ1) is 15.1. The fraction of sp³-hybridized carbons (Fsp3) is 0.357. The average Bonchev–Trinajstić information content (AvgIpc) is 3.01. The first-order valence-electron chi connectivity index (χ1n) is 6.89. The molecule has 118 valence electrons. The van der Waals surface area contributed by atoms with E-state index in [2.05, 4.69) is 4.98 Å². The van der Waals surface area contributed by atoms with Gasteiger partial charge >= 0.3 is 0 Å². The Balaban J connectivity index is 1.74. The van der Waals surface area contributed by atoms with Crippen LogP contribution in [0, 0.1) is 5.82 Å². The number of halogens is 1. The highest BCUT2D eigenvalue weighted by atomic mass is 32.2. The SMILES string of the molecule is O=S(=O)(c1ccc(F)cc1)N1CCOC(Cn2ccnc2)C1. The van der Waals surface area contributed by atoms with Crippen molar-refractivity contribution < 1.29 is 17.5 Å². The van der Waals surface area contributed by atoms with Gasteiger partial charge in [0, 0.05) is 25.5 Å². The summed E-state index contributed by atoms with van der Waals surface area (Å²) in [4.78, 5) is 4.05. The number of imidazole rings is 1. The molecule has 6 nitrogen and oxygen atoms in total. The van der Waals surface area contributed by atoms with Gasteiger partial charge in [0.2, 0.25) is 10.0 Å². The summed E-state index contributed by atoms with van der Waals surface area (Å²) in [5.74, 6) is -0.459. The Morgan fingerprint density at radius 2 is 2.09 bits per heavy atom. The minimum Gasteiger partial charge on any atom is -0.374 e. The largest absolute Gasteiger partial charge is 0.374 e. The van der Waals surface area contributed by atoms with E-state index in [1.807, 2.05) is 4.57 Å². The van der Waals surface area contributed by atoms with Crippen LogP contribution in [0.1, 0.15) is 0 Å². The second kappa shape index (κ2) is 6.15. The number of nitrogens with zero attached hydrogens (tertiary/aromatic N) is 3.